The molecule has 2 aromatic heterocycles. The van der Waals surface area contributed by atoms with Crippen molar-refractivity contribution in [2.75, 3.05) is 7.05 Å². The predicted octanol–water partition coefficient (Wildman–Crippen LogP) is 1.90. The molecule has 2 fully saturated rings. The molecule has 4 rings (SSSR count). The van der Waals surface area contributed by atoms with E-state index in [-0.39, 0.29) is 5.91 Å². The summed E-state index contributed by atoms with van der Waals surface area (Å²) in [5, 5.41) is 8.63. The fourth-order valence-corrected chi connectivity index (χ4v) is 4.59. The zero-order chi connectivity index (χ0) is 16.0. The third-order valence-corrected chi connectivity index (χ3v) is 6.02. The average Bonchev–Trinajstić information content (AvgIpc) is 3.26. The molecule has 2 aromatic rings. The lowest BCUT2D eigenvalue weighted by Gasteiger charge is -2.35. The molecule has 0 radical (unpaired) electrons. The Morgan fingerprint density at radius 1 is 1.35 bits per heavy atom. The summed E-state index contributed by atoms with van der Waals surface area (Å²) in [5.41, 5.74) is 0.958. The van der Waals surface area contributed by atoms with Crippen molar-refractivity contribution in [2.24, 2.45) is 7.05 Å². The fraction of sp³-hybridized carbons (Fsp3) is 0.562. The first-order chi connectivity index (χ1) is 11.1. The summed E-state index contributed by atoms with van der Waals surface area (Å²) in [7, 11) is 3.81. The molecule has 2 unspecified atom stereocenters. The Labute approximate surface area is 139 Å². The smallest absolute Gasteiger partial charge is 0.265 e. The first-order valence-corrected chi connectivity index (χ1v) is 8.90. The van der Waals surface area contributed by atoms with E-state index in [1.807, 2.05) is 25.2 Å². The van der Waals surface area contributed by atoms with Crippen molar-refractivity contribution in [3.63, 3.8) is 0 Å². The first kappa shape index (κ1) is 14.8. The van der Waals surface area contributed by atoms with E-state index in [0.717, 1.165) is 23.4 Å². The topological polar surface area (TPSA) is 63.1 Å². The molecule has 2 saturated heterocycles. The van der Waals surface area contributed by atoms with Gasteiger partial charge in [0.15, 0.2) is 0 Å². The summed E-state index contributed by atoms with van der Waals surface area (Å²) in [6.07, 6.45) is 10.0. The Bertz CT molecular complexity index is 712. The highest BCUT2D eigenvalue weighted by molar-refractivity contribution is 7.16. The number of aryl methyl sites for hydroxylation is 1. The van der Waals surface area contributed by atoms with Crippen molar-refractivity contribution in [1.82, 2.24) is 25.0 Å². The van der Waals surface area contributed by atoms with Gasteiger partial charge in [0.1, 0.15) is 9.88 Å². The maximum atomic E-state index is 12.8. The van der Waals surface area contributed by atoms with Crippen LogP contribution in [-0.4, -0.2) is 50.7 Å². The highest BCUT2D eigenvalue weighted by Gasteiger charge is 2.36. The van der Waals surface area contributed by atoms with Crippen molar-refractivity contribution < 1.29 is 4.79 Å². The van der Waals surface area contributed by atoms with E-state index in [1.54, 1.807) is 17.1 Å². The van der Waals surface area contributed by atoms with Crippen molar-refractivity contribution in [3.05, 3.63) is 23.5 Å². The van der Waals surface area contributed by atoms with Gasteiger partial charge in [-0.2, -0.15) is 5.10 Å². The predicted molar refractivity (Wildman–Crippen MR) is 89.4 cm³/mol. The maximum Gasteiger partial charge on any atom is 0.265 e. The Morgan fingerprint density at radius 2 is 2.09 bits per heavy atom. The SMILES string of the molecule is CN(C(=O)c1cnc(-c2cnn(C)c2)s1)C1CC2CCC(C1)N2. The van der Waals surface area contributed by atoms with Crippen molar-refractivity contribution in [3.8, 4) is 10.6 Å². The van der Waals surface area contributed by atoms with Gasteiger partial charge in [-0.15, -0.1) is 11.3 Å². The third kappa shape index (κ3) is 2.79. The summed E-state index contributed by atoms with van der Waals surface area (Å²) in [6.45, 7) is 0. The second kappa shape index (κ2) is 5.72. The second-order valence-corrected chi connectivity index (χ2v) is 7.64. The molecule has 2 bridgehead atoms. The summed E-state index contributed by atoms with van der Waals surface area (Å²) in [6, 6.07) is 1.51. The van der Waals surface area contributed by atoms with E-state index in [0.29, 0.717) is 23.0 Å². The molecular weight excluding hydrogens is 310 g/mol. The van der Waals surface area contributed by atoms with E-state index >= 15 is 0 Å². The van der Waals surface area contributed by atoms with Crippen LogP contribution in [0.1, 0.15) is 35.4 Å². The highest BCUT2D eigenvalue weighted by atomic mass is 32.1. The second-order valence-electron chi connectivity index (χ2n) is 6.61. The number of fused-ring (bicyclic) bond motifs is 2. The van der Waals surface area contributed by atoms with Crippen molar-refractivity contribution >= 4 is 17.2 Å². The van der Waals surface area contributed by atoms with Crippen LogP contribution in [0.5, 0.6) is 0 Å². The minimum absolute atomic E-state index is 0.0870. The lowest BCUT2D eigenvalue weighted by molar-refractivity contribution is 0.0686. The summed E-state index contributed by atoms with van der Waals surface area (Å²) in [5.74, 6) is 0.0870. The number of rotatable bonds is 3. The van der Waals surface area contributed by atoms with Crippen LogP contribution in [0.2, 0.25) is 0 Å². The number of thiazole rings is 1. The molecular formula is C16H21N5OS. The standard InChI is InChI=1S/C16H21N5OS/c1-20-9-10(7-18-20)15-17-8-14(23-15)16(22)21(2)13-5-11-3-4-12(6-13)19-11/h7-9,11-13,19H,3-6H2,1-2H3. The van der Waals surface area contributed by atoms with Gasteiger partial charge in [-0.1, -0.05) is 0 Å². The normalized spacial score (nSPS) is 26.4. The molecule has 0 spiro atoms. The highest BCUT2D eigenvalue weighted by Crippen LogP contribution is 2.31. The molecule has 6 nitrogen and oxygen atoms in total. The quantitative estimate of drug-likeness (QED) is 0.933. The molecule has 2 atom stereocenters. The number of hydrogen-bond donors (Lipinski definition) is 1. The minimum Gasteiger partial charge on any atom is -0.338 e. The monoisotopic (exact) mass is 331 g/mol. The molecule has 0 aliphatic carbocycles. The van der Waals surface area contributed by atoms with E-state index in [1.165, 1.54) is 24.2 Å². The van der Waals surface area contributed by atoms with Gasteiger partial charge in [-0.3, -0.25) is 9.48 Å². The van der Waals surface area contributed by atoms with Crippen LogP contribution >= 0.6 is 11.3 Å². The molecule has 0 saturated carbocycles. The number of aromatic nitrogens is 3. The summed E-state index contributed by atoms with van der Waals surface area (Å²) in [4.78, 5) is 19.8. The van der Waals surface area contributed by atoms with Crippen LogP contribution in [0.3, 0.4) is 0 Å². The van der Waals surface area contributed by atoms with Gasteiger partial charge in [0.25, 0.3) is 5.91 Å². The largest absolute Gasteiger partial charge is 0.338 e. The molecule has 2 aliphatic heterocycles. The minimum atomic E-state index is 0.0870. The average molecular weight is 331 g/mol. The Balaban J connectivity index is 1.49. The van der Waals surface area contributed by atoms with E-state index in [9.17, 15) is 4.79 Å². The Kier molecular flexibility index (Phi) is 3.69. The Morgan fingerprint density at radius 3 is 2.74 bits per heavy atom. The molecule has 122 valence electrons. The third-order valence-electron chi connectivity index (χ3n) is 4.98. The number of hydrogen-bond acceptors (Lipinski definition) is 5. The van der Waals surface area contributed by atoms with Gasteiger partial charge in [0.2, 0.25) is 0 Å². The van der Waals surface area contributed by atoms with Gasteiger partial charge in [0, 0.05) is 44.0 Å². The van der Waals surface area contributed by atoms with Crippen LogP contribution < -0.4 is 5.32 Å². The molecule has 2 aliphatic rings. The van der Waals surface area contributed by atoms with Crippen LogP contribution in [0.4, 0.5) is 0 Å². The Hall–Kier alpha value is -1.73. The number of nitrogens with one attached hydrogen (secondary N) is 1. The lowest BCUT2D eigenvalue weighted by Crippen LogP contribution is -2.48. The number of carbonyl (C=O) groups excluding carboxylic acids is 1. The van der Waals surface area contributed by atoms with Gasteiger partial charge in [0.05, 0.1) is 12.4 Å². The molecule has 1 amide bonds. The van der Waals surface area contributed by atoms with E-state index in [2.05, 4.69) is 15.4 Å². The zero-order valence-electron chi connectivity index (χ0n) is 13.4. The number of piperidine rings is 1. The van der Waals surface area contributed by atoms with Gasteiger partial charge in [-0.25, -0.2) is 4.98 Å². The van der Waals surface area contributed by atoms with Gasteiger partial charge >= 0.3 is 0 Å². The van der Waals surface area contributed by atoms with Crippen LogP contribution in [0, 0.1) is 0 Å². The van der Waals surface area contributed by atoms with Crippen molar-refractivity contribution in [2.45, 2.75) is 43.8 Å². The van der Waals surface area contributed by atoms with Crippen LogP contribution in [0.15, 0.2) is 18.6 Å². The van der Waals surface area contributed by atoms with E-state index in [4.69, 9.17) is 0 Å². The van der Waals surface area contributed by atoms with Gasteiger partial charge < -0.3 is 10.2 Å². The van der Waals surface area contributed by atoms with Gasteiger partial charge in [-0.05, 0) is 25.7 Å². The fourth-order valence-electron chi connectivity index (χ4n) is 3.72. The summed E-state index contributed by atoms with van der Waals surface area (Å²) >= 11 is 1.45. The lowest BCUT2D eigenvalue weighted by atomic mass is 9.98. The molecule has 7 heteroatoms. The number of amides is 1. The zero-order valence-corrected chi connectivity index (χ0v) is 14.2. The molecule has 1 N–H and O–H groups in total. The first-order valence-electron chi connectivity index (χ1n) is 8.08. The van der Waals surface area contributed by atoms with E-state index < -0.39 is 0 Å². The number of carbonyl (C=O) groups is 1. The number of nitrogens with zero attached hydrogens (tertiary/aromatic N) is 4. The van der Waals surface area contributed by atoms with Crippen molar-refractivity contribution in [1.29, 1.82) is 0 Å². The summed E-state index contributed by atoms with van der Waals surface area (Å²) < 4.78 is 1.75. The van der Waals surface area contributed by atoms with Crippen LogP contribution in [0.25, 0.3) is 10.6 Å². The van der Waals surface area contributed by atoms with Crippen LogP contribution in [-0.2, 0) is 7.05 Å². The maximum absolute atomic E-state index is 12.8. The molecule has 23 heavy (non-hydrogen) atoms. The molecule has 4 heterocycles. The molecule has 0 aromatic carbocycles.